The maximum Gasteiger partial charge on any atom is 0.251 e. The van der Waals surface area contributed by atoms with Gasteiger partial charge in [0.2, 0.25) is 10.0 Å². The van der Waals surface area contributed by atoms with Gasteiger partial charge in [0.25, 0.3) is 5.91 Å². The molecule has 1 aliphatic rings. The summed E-state index contributed by atoms with van der Waals surface area (Å²) < 4.78 is 34.7. The van der Waals surface area contributed by atoms with Gasteiger partial charge in [-0.05, 0) is 44.5 Å². The third kappa shape index (κ3) is 4.98. The summed E-state index contributed by atoms with van der Waals surface area (Å²) in [6.45, 7) is 5.67. The Kier molecular flexibility index (Phi) is 6.48. The SMILES string of the molecule is C[C@H]1CN(S(=O)(=O)c2ccc(C(=O)NCCCn3ccnc3)cc2)C[C@H](C)O1. The minimum absolute atomic E-state index is 0.147. The number of morpholine rings is 1. The van der Waals surface area contributed by atoms with Gasteiger partial charge in [0.15, 0.2) is 0 Å². The fraction of sp³-hybridized carbons (Fsp3) is 0.474. The molecular weight excluding hydrogens is 380 g/mol. The molecule has 9 heteroatoms. The lowest BCUT2D eigenvalue weighted by atomic mass is 10.2. The van der Waals surface area contributed by atoms with Gasteiger partial charge in [-0.15, -0.1) is 0 Å². The fourth-order valence-corrected chi connectivity index (χ4v) is 4.83. The molecule has 2 atom stereocenters. The lowest BCUT2D eigenvalue weighted by Crippen LogP contribution is -2.48. The number of nitrogens with zero attached hydrogens (tertiary/aromatic N) is 3. The third-order valence-corrected chi connectivity index (χ3v) is 6.42. The maximum absolute atomic E-state index is 12.8. The highest BCUT2D eigenvalue weighted by molar-refractivity contribution is 7.89. The number of sulfonamides is 1. The molecule has 2 aromatic rings. The van der Waals surface area contributed by atoms with Crippen LogP contribution >= 0.6 is 0 Å². The molecule has 2 heterocycles. The summed E-state index contributed by atoms with van der Waals surface area (Å²) >= 11 is 0. The second-order valence-corrected chi connectivity index (χ2v) is 8.95. The van der Waals surface area contributed by atoms with E-state index in [1.54, 1.807) is 24.7 Å². The van der Waals surface area contributed by atoms with Crippen LogP contribution in [0.4, 0.5) is 0 Å². The highest BCUT2D eigenvalue weighted by Gasteiger charge is 2.32. The average molecular weight is 407 g/mol. The summed E-state index contributed by atoms with van der Waals surface area (Å²) in [5.41, 5.74) is 0.435. The van der Waals surface area contributed by atoms with E-state index in [0.29, 0.717) is 25.2 Å². The molecule has 1 fully saturated rings. The minimum Gasteiger partial charge on any atom is -0.373 e. The van der Waals surface area contributed by atoms with Crippen LogP contribution in [-0.4, -0.2) is 60.0 Å². The third-order valence-electron chi connectivity index (χ3n) is 4.58. The predicted octanol–water partition coefficient (Wildman–Crippen LogP) is 1.50. The molecule has 1 amide bonds. The molecule has 0 saturated carbocycles. The van der Waals surface area contributed by atoms with E-state index in [9.17, 15) is 13.2 Å². The summed E-state index contributed by atoms with van der Waals surface area (Å²) in [4.78, 5) is 16.4. The molecule has 1 saturated heterocycles. The number of nitrogens with one attached hydrogen (secondary N) is 1. The average Bonchev–Trinajstić information content (AvgIpc) is 3.18. The van der Waals surface area contributed by atoms with E-state index in [0.717, 1.165) is 13.0 Å². The van der Waals surface area contributed by atoms with Gasteiger partial charge in [-0.25, -0.2) is 13.4 Å². The molecule has 8 nitrogen and oxygen atoms in total. The van der Waals surface area contributed by atoms with Crippen LogP contribution in [-0.2, 0) is 21.3 Å². The number of aryl methyl sites for hydroxylation is 1. The van der Waals surface area contributed by atoms with Crippen LogP contribution in [0.1, 0.15) is 30.6 Å². The van der Waals surface area contributed by atoms with Crippen LogP contribution < -0.4 is 5.32 Å². The summed E-state index contributed by atoms with van der Waals surface area (Å²) in [6, 6.07) is 6.07. The molecule has 152 valence electrons. The highest BCUT2D eigenvalue weighted by atomic mass is 32.2. The minimum atomic E-state index is -3.60. The van der Waals surface area contributed by atoms with E-state index in [4.69, 9.17) is 4.74 Å². The van der Waals surface area contributed by atoms with Crippen molar-refractivity contribution in [3.05, 3.63) is 48.5 Å². The predicted molar refractivity (Wildman–Crippen MR) is 104 cm³/mol. The van der Waals surface area contributed by atoms with E-state index in [2.05, 4.69) is 10.3 Å². The zero-order chi connectivity index (χ0) is 20.1. The van der Waals surface area contributed by atoms with Crippen LogP contribution in [0, 0.1) is 0 Å². The summed E-state index contributed by atoms with van der Waals surface area (Å²) in [5.74, 6) is -0.219. The van der Waals surface area contributed by atoms with Crippen LogP contribution in [0.3, 0.4) is 0 Å². The Morgan fingerprint density at radius 2 is 1.89 bits per heavy atom. The van der Waals surface area contributed by atoms with E-state index in [1.165, 1.54) is 16.4 Å². The quantitative estimate of drug-likeness (QED) is 0.704. The van der Waals surface area contributed by atoms with Gasteiger partial charge in [0.1, 0.15) is 0 Å². The Balaban J connectivity index is 1.56. The first kappa shape index (κ1) is 20.5. The van der Waals surface area contributed by atoms with Crippen molar-refractivity contribution in [2.45, 2.75) is 43.9 Å². The zero-order valence-corrected chi connectivity index (χ0v) is 16.9. The second kappa shape index (κ2) is 8.85. The molecular formula is C19H26N4O4S. The van der Waals surface area contributed by atoms with E-state index >= 15 is 0 Å². The van der Waals surface area contributed by atoms with Crippen molar-refractivity contribution >= 4 is 15.9 Å². The summed E-state index contributed by atoms with van der Waals surface area (Å²) in [6.07, 6.45) is 5.80. The second-order valence-electron chi connectivity index (χ2n) is 7.01. The molecule has 0 aliphatic carbocycles. The number of rotatable bonds is 7. The van der Waals surface area contributed by atoms with Crippen LogP contribution in [0.2, 0.25) is 0 Å². The highest BCUT2D eigenvalue weighted by Crippen LogP contribution is 2.21. The van der Waals surface area contributed by atoms with Crippen molar-refractivity contribution in [3.63, 3.8) is 0 Å². The Morgan fingerprint density at radius 3 is 2.50 bits per heavy atom. The number of hydrogen-bond donors (Lipinski definition) is 1. The van der Waals surface area contributed by atoms with E-state index in [1.807, 2.05) is 24.6 Å². The van der Waals surface area contributed by atoms with Crippen molar-refractivity contribution in [1.82, 2.24) is 19.2 Å². The Hall–Kier alpha value is -2.23. The number of ether oxygens (including phenoxy) is 1. The Labute approximate surface area is 165 Å². The number of imidazole rings is 1. The van der Waals surface area contributed by atoms with Gasteiger partial charge in [-0.2, -0.15) is 4.31 Å². The van der Waals surface area contributed by atoms with Crippen LogP contribution in [0.5, 0.6) is 0 Å². The molecule has 1 aliphatic heterocycles. The standard InChI is InChI=1S/C19H26N4O4S/c1-15-12-23(13-16(2)27-15)28(25,26)18-6-4-17(5-7-18)19(24)21-8-3-10-22-11-9-20-14-22/h4-7,9,11,14-16H,3,8,10,12-13H2,1-2H3,(H,21,24)/t15-,16-/m0/s1. The van der Waals surface area contributed by atoms with Crippen molar-refractivity contribution in [2.24, 2.45) is 0 Å². The monoisotopic (exact) mass is 406 g/mol. The van der Waals surface area contributed by atoms with Gasteiger partial charge < -0.3 is 14.6 Å². The molecule has 28 heavy (non-hydrogen) atoms. The Morgan fingerprint density at radius 1 is 1.21 bits per heavy atom. The number of carbonyl (C=O) groups excluding carboxylic acids is 1. The molecule has 0 spiro atoms. The normalized spacial score (nSPS) is 20.8. The van der Waals surface area contributed by atoms with E-state index in [-0.39, 0.29) is 23.0 Å². The molecule has 1 aromatic carbocycles. The van der Waals surface area contributed by atoms with Crippen LogP contribution in [0.25, 0.3) is 0 Å². The molecule has 1 N–H and O–H groups in total. The summed E-state index contributed by atoms with van der Waals surface area (Å²) in [5, 5.41) is 2.85. The van der Waals surface area contributed by atoms with Gasteiger partial charge in [-0.3, -0.25) is 4.79 Å². The van der Waals surface area contributed by atoms with Crippen molar-refractivity contribution in [1.29, 1.82) is 0 Å². The molecule has 0 bridgehead atoms. The molecule has 1 aromatic heterocycles. The Bertz CT molecular complexity index is 871. The zero-order valence-electron chi connectivity index (χ0n) is 16.1. The smallest absolute Gasteiger partial charge is 0.251 e. The first-order chi connectivity index (χ1) is 13.4. The molecule has 0 unspecified atom stereocenters. The van der Waals surface area contributed by atoms with Crippen molar-refractivity contribution < 1.29 is 17.9 Å². The summed E-state index contributed by atoms with van der Waals surface area (Å²) in [7, 11) is -3.60. The first-order valence-corrected chi connectivity index (χ1v) is 10.8. The number of hydrogen-bond acceptors (Lipinski definition) is 5. The van der Waals surface area contributed by atoms with Crippen molar-refractivity contribution in [2.75, 3.05) is 19.6 Å². The lowest BCUT2D eigenvalue weighted by Gasteiger charge is -2.34. The number of amides is 1. The number of aromatic nitrogens is 2. The largest absolute Gasteiger partial charge is 0.373 e. The lowest BCUT2D eigenvalue weighted by molar-refractivity contribution is -0.0440. The van der Waals surface area contributed by atoms with E-state index < -0.39 is 10.0 Å². The molecule has 3 rings (SSSR count). The van der Waals surface area contributed by atoms with Gasteiger partial charge in [0.05, 0.1) is 23.4 Å². The van der Waals surface area contributed by atoms with Crippen molar-refractivity contribution in [3.8, 4) is 0 Å². The van der Waals surface area contributed by atoms with Gasteiger partial charge in [-0.1, -0.05) is 0 Å². The van der Waals surface area contributed by atoms with Crippen LogP contribution in [0.15, 0.2) is 47.9 Å². The van der Waals surface area contributed by atoms with Gasteiger partial charge in [0, 0.05) is 44.1 Å². The topological polar surface area (TPSA) is 93.5 Å². The fourth-order valence-electron chi connectivity index (χ4n) is 3.24. The number of carbonyl (C=O) groups is 1. The van der Waals surface area contributed by atoms with Gasteiger partial charge >= 0.3 is 0 Å². The first-order valence-electron chi connectivity index (χ1n) is 9.36. The molecule has 0 radical (unpaired) electrons. The maximum atomic E-state index is 12.8. The number of benzene rings is 1.